The first-order valence-corrected chi connectivity index (χ1v) is 9.45. The molecule has 3 fully saturated rings. The van der Waals surface area contributed by atoms with E-state index in [1.807, 2.05) is 0 Å². The molecule has 0 aromatic carbocycles. The highest BCUT2D eigenvalue weighted by Crippen LogP contribution is 2.40. The van der Waals surface area contributed by atoms with Gasteiger partial charge in [0.2, 0.25) is 0 Å². The SMILES string of the molecule is CC1CCCC(CNC2CC2)(CN2CCSCC2)C1. The minimum Gasteiger partial charge on any atom is -0.313 e. The van der Waals surface area contributed by atoms with Crippen molar-refractivity contribution in [3.8, 4) is 0 Å². The number of nitrogens with zero attached hydrogens (tertiary/aromatic N) is 1. The highest BCUT2D eigenvalue weighted by Gasteiger charge is 2.37. The van der Waals surface area contributed by atoms with Crippen LogP contribution in [0.15, 0.2) is 0 Å². The predicted octanol–water partition coefficient (Wildman–Crippen LogP) is 2.98. The van der Waals surface area contributed by atoms with E-state index in [0.717, 1.165) is 12.0 Å². The molecule has 0 spiro atoms. The standard InChI is InChI=1S/C16H30N2S/c1-14-3-2-6-16(11-14,12-17-15-4-5-15)13-18-7-9-19-10-8-18/h14-15,17H,2-13H2,1H3. The van der Waals surface area contributed by atoms with Crippen LogP contribution in [0, 0.1) is 11.3 Å². The molecule has 0 aromatic heterocycles. The molecule has 1 N–H and O–H groups in total. The van der Waals surface area contributed by atoms with Gasteiger partial charge in [0.15, 0.2) is 0 Å². The Kier molecular flexibility index (Phi) is 4.76. The van der Waals surface area contributed by atoms with Gasteiger partial charge in [-0.3, -0.25) is 0 Å². The normalized spacial score (nSPS) is 37.4. The molecule has 0 bridgehead atoms. The number of thioether (sulfide) groups is 1. The van der Waals surface area contributed by atoms with Gasteiger partial charge in [0, 0.05) is 43.7 Å². The van der Waals surface area contributed by atoms with Gasteiger partial charge in [0.25, 0.3) is 0 Å². The molecular formula is C16H30N2S. The average molecular weight is 282 g/mol. The third-order valence-corrected chi connectivity index (χ3v) is 6.13. The lowest BCUT2D eigenvalue weighted by Crippen LogP contribution is -2.49. The smallest absolute Gasteiger partial charge is 0.00729 e. The zero-order valence-corrected chi connectivity index (χ0v) is 13.3. The summed E-state index contributed by atoms with van der Waals surface area (Å²) in [6.45, 7) is 7.76. The predicted molar refractivity (Wildman–Crippen MR) is 84.9 cm³/mol. The number of rotatable bonds is 5. The van der Waals surface area contributed by atoms with Crippen LogP contribution in [0.4, 0.5) is 0 Å². The van der Waals surface area contributed by atoms with Crippen LogP contribution in [-0.2, 0) is 0 Å². The zero-order valence-electron chi connectivity index (χ0n) is 12.5. The monoisotopic (exact) mass is 282 g/mol. The lowest BCUT2D eigenvalue weighted by atomic mass is 9.69. The number of hydrogen-bond donors (Lipinski definition) is 1. The second kappa shape index (κ2) is 6.36. The summed E-state index contributed by atoms with van der Waals surface area (Å²) in [5.41, 5.74) is 0.586. The number of nitrogens with one attached hydrogen (secondary N) is 1. The molecule has 2 saturated carbocycles. The van der Waals surface area contributed by atoms with Crippen molar-refractivity contribution in [3.05, 3.63) is 0 Å². The summed E-state index contributed by atoms with van der Waals surface area (Å²) in [5, 5.41) is 3.85. The molecule has 110 valence electrons. The van der Waals surface area contributed by atoms with E-state index < -0.39 is 0 Å². The summed E-state index contributed by atoms with van der Waals surface area (Å²) in [6.07, 6.45) is 8.67. The van der Waals surface area contributed by atoms with E-state index in [0.29, 0.717) is 5.41 Å². The minimum atomic E-state index is 0.586. The van der Waals surface area contributed by atoms with Gasteiger partial charge in [-0.2, -0.15) is 11.8 Å². The summed E-state index contributed by atoms with van der Waals surface area (Å²) in [4.78, 5) is 2.75. The first kappa shape index (κ1) is 14.2. The van der Waals surface area contributed by atoms with Gasteiger partial charge in [0.05, 0.1) is 0 Å². The molecule has 1 aliphatic heterocycles. The van der Waals surface area contributed by atoms with E-state index in [1.54, 1.807) is 0 Å². The van der Waals surface area contributed by atoms with Crippen LogP contribution in [0.5, 0.6) is 0 Å². The molecule has 3 heteroatoms. The van der Waals surface area contributed by atoms with Crippen LogP contribution in [0.25, 0.3) is 0 Å². The minimum absolute atomic E-state index is 0.586. The summed E-state index contributed by atoms with van der Waals surface area (Å²) >= 11 is 2.13. The fourth-order valence-corrected chi connectivity index (χ4v) is 4.99. The van der Waals surface area contributed by atoms with E-state index in [2.05, 4.69) is 28.9 Å². The van der Waals surface area contributed by atoms with Crippen LogP contribution in [0.1, 0.15) is 45.4 Å². The van der Waals surface area contributed by atoms with Gasteiger partial charge in [-0.05, 0) is 37.0 Å². The largest absolute Gasteiger partial charge is 0.313 e. The maximum Gasteiger partial charge on any atom is 0.00729 e. The molecular weight excluding hydrogens is 252 g/mol. The molecule has 1 saturated heterocycles. The summed E-state index contributed by atoms with van der Waals surface area (Å²) in [7, 11) is 0. The third-order valence-electron chi connectivity index (χ3n) is 5.19. The van der Waals surface area contributed by atoms with Crippen LogP contribution in [0.2, 0.25) is 0 Å². The molecule has 2 nitrogen and oxygen atoms in total. The van der Waals surface area contributed by atoms with E-state index in [-0.39, 0.29) is 0 Å². The summed E-state index contributed by atoms with van der Waals surface area (Å²) in [6, 6.07) is 0.867. The summed E-state index contributed by atoms with van der Waals surface area (Å²) in [5.74, 6) is 3.64. The van der Waals surface area contributed by atoms with Crippen molar-refractivity contribution in [2.24, 2.45) is 11.3 Å². The molecule has 2 atom stereocenters. The van der Waals surface area contributed by atoms with Crippen molar-refractivity contribution in [2.45, 2.75) is 51.5 Å². The fraction of sp³-hybridized carbons (Fsp3) is 1.00. The quantitative estimate of drug-likeness (QED) is 0.834. The molecule has 0 radical (unpaired) electrons. The molecule has 19 heavy (non-hydrogen) atoms. The highest BCUT2D eigenvalue weighted by atomic mass is 32.2. The Labute approximate surface area is 123 Å². The van der Waals surface area contributed by atoms with E-state index in [1.165, 1.54) is 76.2 Å². The lowest BCUT2D eigenvalue weighted by Gasteiger charge is -2.44. The van der Waals surface area contributed by atoms with Crippen LogP contribution >= 0.6 is 11.8 Å². The van der Waals surface area contributed by atoms with Gasteiger partial charge in [-0.15, -0.1) is 0 Å². The lowest BCUT2D eigenvalue weighted by molar-refractivity contribution is 0.0843. The van der Waals surface area contributed by atoms with Crippen molar-refractivity contribution >= 4 is 11.8 Å². The zero-order chi connectivity index (χ0) is 13.1. The van der Waals surface area contributed by atoms with E-state index in [9.17, 15) is 0 Å². The fourth-order valence-electron chi connectivity index (χ4n) is 4.01. The van der Waals surface area contributed by atoms with Crippen LogP contribution in [0.3, 0.4) is 0 Å². The van der Waals surface area contributed by atoms with Crippen molar-refractivity contribution in [1.82, 2.24) is 10.2 Å². The highest BCUT2D eigenvalue weighted by molar-refractivity contribution is 7.99. The Bertz CT molecular complexity index is 286. The second-order valence-electron chi connectivity index (χ2n) is 7.25. The maximum atomic E-state index is 3.85. The van der Waals surface area contributed by atoms with Crippen molar-refractivity contribution in [3.63, 3.8) is 0 Å². The Hall–Kier alpha value is 0.270. The molecule has 1 heterocycles. The van der Waals surface area contributed by atoms with Crippen molar-refractivity contribution < 1.29 is 0 Å². The van der Waals surface area contributed by atoms with Crippen LogP contribution < -0.4 is 5.32 Å². The molecule has 3 rings (SSSR count). The van der Waals surface area contributed by atoms with Gasteiger partial charge < -0.3 is 10.2 Å². The Morgan fingerprint density at radius 1 is 1.21 bits per heavy atom. The topological polar surface area (TPSA) is 15.3 Å². The number of hydrogen-bond acceptors (Lipinski definition) is 3. The molecule has 3 aliphatic rings. The first-order chi connectivity index (χ1) is 9.26. The molecule has 0 aromatic rings. The molecule has 0 amide bonds. The molecule has 2 unspecified atom stereocenters. The van der Waals surface area contributed by atoms with Gasteiger partial charge >= 0.3 is 0 Å². The average Bonchev–Trinajstić information content (AvgIpc) is 3.22. The van der Waals surface area contributed by atoms with Crippen LogP contribution in [-0.4, -0.2) is 48.6 Å². The first-order valence-electron chi connectivity index (χ1n) is 8.29. The molecule has 2 aliphatic carbocycles. The summed E-state index contributed by atoms with van der Waals surface area (Å²) < 4.78 is 0. The van der Waals surface area contributed by atoms with E-state index in [4.69, 9.17) is 0 Å². The van der Waals surface area contributed by atoms with Crippen molar-refractivity contribution in [1.29, 1.82) is 0 Å². The second-order valence-corrected chi connectivity index (χ2v) is 8.47. The Morgan fingerprint density at radius 2 is 2.00 bits per heavy atom. The van der Waals surface area contributed by atoms with Gasteiger partial charge in [-0.25, -0.2) is 0 Å². The Balaban J connectivity index is 1.59. The Morgan fingerprint density at radius 3 is 2.68 bits per heavy atom. The maximum absolute atomic E-state index is 3.85. The van der Waals surface area contributed by atoms with Gasteiger partial charge in [-0.1, -0.05) is 19.8 Å². The third kappa shape index (κ3) is 4.12. The van der Waals surface area contributed by atoms with Crippen molar-refractivity contribution in [2.75, 3.05) is 37.7 Å². The van der Waals surface area contributed by atoms with E-state index >= 15 is 0 Å². The van der Waals surface area contributed by atoms with Gasteiger partial charge in [0.1, 0.15) is 0 Å².